The summed E-state index contributed by atoms with van der Waals surface area (Å²) in [4.78, 5) is 50.6. The van der Waals surface area contributed by atoms with E-state index in [1.54, 1.807) is 43.5 Å². The quantitative estimate of drug-likeness (QED) is 0.254. The highest BCUT2D eigenvalue weighted by Gasteiger charge is 2.27. The van der Waals surface area contributed by atoms with Crippen LogP contribution in [0.15, 0.2) is 56.1 Å². The van der Waals surface area contributed by atoms with Crippen LogP contribution in [0.25, 0.3) is 21.9 Å². The number of carbonyl (C=O) groups is 3. The number of furan rings is 1. The van der Waals surface area contributed by atoms with Gasteiger partial charge in [0.1, 0.15) is 29.0 Å². The highest BCUT2D eigenvalue weighted by Crippen LogP contribution is 2.31. The van der Waals surface area contributed by atoms with E-state index in [1.165, 1.54) is 11.8 Å². The summed E-state index contributed by atoms with van der Waals surface area (Å²) in [5.74, 6) is -1.35. The molecule has 0 bridgehead atoms. The zero-order valence-corrected chi connectivity index (χ0v) is 22.9. The first-order valence-corrected chi connectivity index (χ1v) is 13.8. The SMILES string of the molecule is CSC[C@H](NC(=O)Cc1c(C)c2cc3c(C)c(C)oc3cc2oc1=O)C(=O)N[C@@H](Cc1ccccc1)C(=O)O. The van der Waals surface area contributed by atoms with E-state index in [4.69, 9.17) is 8.83 Å². The lowest BCUT2D eigenvalue weighted by atomic mass is 10.0. The monoisotopic (exact) mass is 550 g/mol. The van der Waals surface area contributed by atoms with Crippen molar-refractivity contribution in [2.75, 3.05) is 12.0 Å². The fraction of sp³-hybridized carbons (Fsp3) is 0.310. The van der Waals surface area contributed by atoms with Crippen molar-refractivity contribution in [2.24, 2.45) is 0 Å². The van der Waals surface area contributed by atoms with Crippen LogP contribution in [0.2, 0.25) is 0 Å². The molecule has 0 aliphatic heterocycles. The molecule has 0 unspecified atom stereocenters. The molecule has 0 saturated heterocycles. The Hall–Kier alpha value is -4.05. The van der Waals surface area contributed by atoms with Crippen molar-refractivity contribution in [2.45, 2.75) is 45.7 Å². The predicted molar refractivity (Wildman–Crippen MR) is 150 cm³/mol. The molecular weight excluding hydrogens is 520 g/mol. The van der Waals surface area contributed by atoms with Crippen LogP contribution < -0.4 is 16.3 Å². The Morgan fingerprint density at radius 2 is 1.59 bits per heavy atom. The molecule has 4 aromatic rings. The maximum atomic E-state index is 13.0. The van der Waals surface area contributed by atoms with Crippen molar-refractivity contribution in [3.63, 3.8) is 0 Å². The summed E-state index contributed by atoms with van der Waals surface area (Å²) in [5.41, 5.74) is 2.87. The minimum atomic E-state index is -1.18. The van der Waals surface area contributed by atoms with Crippen LogP contribution in [0.5, 0.6) is 0 Å². The van der Waals surface area contributed by atoms with Crippen molar-refractivity contribution < 1.29 is 28.3 Å². The van der Waals surface area contributed by atoms with Crippen molar-refractivity contribution in [3.05, 3.63) is 80.9 Å². The largest absolute Gasteiger partial charge is 0.480 e. The van der Waals surface area contributed by atoms with Gasteiger partial charge in [0.05, 0.1) is 12.0 Å². The minimum absolute atomic E-state index is 0.0993. The third kappa shape index (κ3) is 6.17. The smallest absolute Gasteiger partial charge is 0.340 e. The van der Waals surface area contributed by atoms with Gasteiger partial charge in [0.15, 0.2) is 0 Å². The van der Waals surface area contributed by atoms with E-state index in [9.17, 15) is 24.3 Å². The molecule has 2 aromatic heterocycles. The number of carboxylic acid groups (broad SMARTS) is 1. The van der Waals surface area contributed by atoms with Crippen LogP contribution in [0.3, 0.4) is 0 Å². The third-order valence-electron chi connectivity index (χ3n) is 6.80. The Morgan fingerprint density at radius 3 is 2.26 bits per heavy atom. The summed E-state index contributed by atoms with van der Waals surface area (Å²) < 4.78 is 11.3. The van der Waals surface area contributed by atoms with Gasteiger partial charge in [-0.25, -0.2) is 9.59 Å². The molecule has 0 radical (unpaired) electrons. The Morgan fingerprint density at radius 1 is 0.923 bits per heavy atom. The molecule has 2 heterocycles. The van der Waals surface area contributed by atoms with Gasteiger partial charge in [-0.15, -0.1) is 0 Å². The lowest BCUT2D eigenvalue weighted by Crippen LogP contribution is -2.53. The van der Waals surface area contributed by atoms with Gasteiger partial charge in [-0.3, -0.25) is 9.59 Å². The summed E-state index contributed by atoms with van der Waals surface area (Å²) in [6.07, 6.45) is 1.58. The highest BCUT2D eigenvalue weighted by atomic mass is 32.2. The molecule has 2 amide bonds. The van der Waals surface area contributed by atoms with Gasteiger partial charge in [0.2, 0.25) is 11.8 Å². The maximum Gasteiger partial charge on any atom is 0.340 e. The summed E-state index contributed by atoms with van der Waals surface area (Å²) in [6.45, 7) is 5.56. The van der Waals surface area contributed by atoms with Gasteiger partial charge >= 0.3 is 11.6 Å². The van der Waals surface area contributed by atoms with Gasteiger partial charge in [0, 0.05) is 29.0 Å². The number of benzene rings is 2. The van der Waals surface area contributed by atoms with E-state index >= 15 is 0 Å². The third-order valence-corrected chi connectivity index (χ3v) is 7.47. The van der Waals surface area contributed by atoms with Crippen LogP contribution in [0.4, 0.5) is 0 Å². The van der Waals surface area contributed by atoms with Crippen molar-refractivity contribution in [1.82, 2.24) is 10.6 Å². The van der Waals surface area contributed by atoms with Crippen LogP contribution in [0.1, 0.15) is 28.0 Å². The number of amides is 2. The van der Waals surface area contributed by atoms with Crippen LogP contribution in [0, 0.1) is 20.8 Å². The molecule has 4 rings (SSSR count). The molecule has 0 fully saturated rings. The lowest BCUT2D eigenvalue weighted by molar-refractivity contribution is -0.142. The van der Waals surface area contributed by atoms with Gasteiger partial charge in [-0.05, 0) is 49.8 Å². The van der Waals surface area contributed by atoms with Gasteiger partial charge in [-0.1, -0.05) is 30.3 Å². The second-order valence-corrected chi connectivity index (χ2v) is 10.4. The first kappa shape index (κ1) is 28.0. The normalized spacial score (nSPS) is 12.8. The second-order valence-electron chi connectivity index (χ2n) is 9.46. The zero-order chi connectivity index (χ0) is 28.3. The second kappa shape index (κ2) is 11.8. The number of nitrogens with one attached hydrogen (secondary N) is 2. The van der Waals surface area contributed by atoms with E-state index in [0.717, 1.165) is 22.3 Å². The van der Waals surface area contributed by atoms with Gasteiger partial charge in [-0.2, -0.15) is 11.8 Å². The Bertz CT molecular complexity index is 1610. The van der Waals surface area contributed by atoms with Gasteiger partial charge in [0.25, 0.3) is 0 Å². The number of fused-ring (bicyclic) bond motifs is 2. The molecular formula is C29H30N2O7S. The Kier molecular flexibility index (Phi) is 8.44. The molecule has 2 atom stereocenters. The predicted octanol–water partition coefficient (Wildman–Crippen LogP) is 3.67. The molecule has 0 saturated carbocycles. The van der Waals surface area contributed by atoms with E-state index < -0.39 is 35.5 Å². The number of rotatable bonds is 10. The molecule has 0 aliphatic rings. The number of hydrogen-bond acceptors (Lipinski definition) is 7. The van der Waals surface area contributed by atoms with E-state index in [0.29, 0.717) is 22.1 Å². The number of carbonyl (C=O) groups excluding carboxylic acids is 2. The first-order chi connectivity index (χ1) is 18.6. The van der Waals surface area contributed by atoms with E-state index in [2.05, 4.69) is 10.6 Å². The number of aliphatic carboxylic acids is 1. The van der Waals surface area contributed by atoms with Gasteiger partial charge < -0.3 is 24.6 Å². The number of hydrogen-bond donors (Lipinski definition) is 3. The number of thioether (sulfide) groups is 1. The molecule has 9 nitrogen and oxygen atoms in total. The highest BCUT2D eigenvalue weighted by molar-refractivity contribution is 7.98. The molecule has 10 heteroatoms. The molecule has 0 spiro atoms. The van der Waals surface area contributed by atoms with E-state index in [-0.39, 0.29) is 24.2 Å². The number of aryl methyl sites for hydroxylation is 3. The van der Waals surface area contributed by atoms with E-state index in [1.807, 2.05) is 26.0 Å². The molecule has 204 valence electrons. The van der Waals surface area contributed by atoms with Crippen LogP contribution in [-0.4, -0.2) is 47.0 Å². The number of carboxylic acids is 1. The standard InChI is InChI=1S/C29H30N2O7S/c1-15-17(3)37-24-13-25-20(11-19(15)24)16(2)21(29(36)38-25)12-26(32)30-23(14-39-4)27(33)31-22(28(34)35)10-18-8-6-5-7-9-18/h5-9,11,13,22-23H,10,12,14H2,1-4H3,(H,30,32)(H,31,33)(H,34,35)/t22-,23-/m0/s1. The molecule has 39 heavy (non-hydrogen) atoms. The van der Waals surface area contributed by atoms with Crippen LogP contribution in [-0.2, 0) is 27.2 Å². The lowest BCUT2D eigenvalue weighted by Gasteiger charge is -2.21. The minimum Gasteiger partial charge on any atom is -0.480 e. The van der Waals surface area contributed by atoms with Crippen molar-refractivity contribution in [3.8, 4) is 0 Å². The average molecular weight is 551 g/mol. The topological polar surface area (TPSA) is 139 Å². The van der Waals surface area contributed by atoms with Crippen LogP contribution >= 0.6 is 11.8 Å². The molecule has 2 aromatic carbocycles. The summed E-state index contributed by atoms with van der Waals surface area (Å²) in [5, 5.41) is 16.4. The van der Waals surface area contributed by atoms with Crippen molar-refractivity contribution >= 4 is 51.5 Å². The fourth-order valence-electron chi connectivity index (χ4n) is 4.51. The van der Waals surface area contributed by atoms with Crippen molar-refractivity contribution in [1.29, 1.82) is 0 Å². The zero-order valence-electron chi connectivity index (χ0n) is 22.1. The average Bonchev–Trinajstić information content (AvgIpc) is 3.17. The first-order valence-electron chi connectivity index (χ1n) is 12.4. The maximum absolute atomic E-state index is 13.0. The Labute approximate surface area is 228 Å². The Balaban J connectivity index is 1.52. The summed E-state index contributed by atoms with van der Waals surface area (Å²) in [6, 6.07) is 10.4. The fourth-order valence-corrected chi connectivity index (χ4v) is 5.07. The molecule has 0 aliphatic carbocycles. The molecule has 3 N–H and O–H groups in total. The summed E-state index contributed by atoms with van der Waals surface area (Å²) in [7, 11) is 0. The summed E-state index contributed by atoms with van der Waals surface area (Å²) >= 11 is 1.33.